The molecule has 0 spiro atoms. The van der Waals surface area contributed by atoms with Crippen LogP contribution in [0.25, 0.3) is 0 Å². The van der Waals surface area contributed by atoms with E-state index in [0.29, 0.717) is 0 Å². The molecule has 22 heavy (non-hydrogen) atoms. The molecule has 0 radical (unpaired) electrons. The molecule has 1 rings (SSSR count). The molecule has 1 aromatic carbocycles. The highest BCUT2D eigenvalue weighted by molar-refractivity contribution is 9.12. The molecule has 0 unspecified atom stereocenters. The molecule has 0 aromatic heterocycles. The van der Waals surface area contributed by atoms with Crippen molar-refractivity contribution in [3.8, 4) is 0 Å². The first-order valence-electron chi connectivity index (χ1n) is 7.92. The zero-order valence-corrected chi connectivity index (χ0v) is 17.3. The highest BCUT2D eigenvalue weighted by Crippen LogP contribution is 2.26. The Hall–Kier alpha value is -0.380. The summed E-state index contributed by atoms with van der Waals surface area (Å²) in [6.45, 7) is 12.1. The average molecular weight is 432 g/mol. The smallest absolute Gasteiger partial charge is 0.0684 e. The topological polar surface area (TPSA) is 20.2 Å². The Bertz CT molecular complexity index is 504. The highest BCUT2D eigenvalue weighted by atomic mass is 79.9. The van der Waals surface area contributed by atoms with Crippen LogP contribution in [-0.4, -0.2) is 5.11 Å². The van der Waals surface area contributed by atoms with E-state index in [1.807, 2.05) is 19.9 Å². The first kappa shape index (κ1) is 21.6. The van der Waals surface area contributed by atoms with E-state index in [4.69, 9.17) is 0 Å². The van der Waals surface area contributed by atoms with Crippen LogP contribution in [0.4, 0.5) is 0 Å². The third kappa shape index (κ3) is 6.80. The fraction of sp³-hybridized carbons (Fsp3) is 0.474. The molecule has 1 N–H and O–H groups in total. The van der Waals surface area contributed by atoms with Gasteiger partial charge in [-0.3, -0.25) is 0 Å². The first-order chi connectivity index (χ1) is 10.5. The van der Waals surface area contributed by atoms with E-state index in [0.717, 1.165) is 40.2 Å². The summed E-state index contributed by atoms with van der Waals surface area (Å²) in [5.41, 5.74) is 4.81. The number of aliphatic hydroxyl groups excluding tert-OH is 1. The minimum atomic E-state index is 0.102. The Kier molecular flexibility index (Phi) is 11.9. The number of benzene rings is 1. The van der Waals surface area contributed by atoms with Crippen LogP contribution in [0.2, 0.25) is 0 Å². The molecular formula is C19H28Br2O. The predicted molar refractivity (Wildman–Crippen MR) is 106 cm³/mol. The van der Waals surface area contributed by atoms with Gasteiger partial charge in [-0.15, -0.1) is 0 Å². The number of aliphatic hydroxyl groups is 1. The summed E-state index contributed by atoms with van der Waals surface area (Å²) >= 11 is 7.14. The quantitative estimate of drug-likeness (QED) is 0.475. The fourth-order valence-corrected chi connectivity index (χ4v) is 2.95. The Morgan fingerprint density at radius 2 is 1.82 bits per heavy atom. The van der Waals surface area contributed by atoms with Crippen LogP contribution in [0, 0.1) is 0 Å². The van der Waals surface area contributed by atoms with E-state index in [1.54, 1.807) is 0 Å². The van der Waals surface area contributed by atoms with Gasteiger partial charge in [0.05, 0.1) is 6.61 Å². The normalized spacial score (nSPS) is 11.4. The van der Waals surface area contributed by atoms with Crippen molar-refractivity contribution >= 4 is 31.9 Å². The second-order valence-corrected chi connectivity index (χ2v) is 6.66. The lowest BCUT2D eigenvalue weighted by Gasteiger charge is -2.13. The third-order valence-corrected chi connectivity index (χ3v) is 5.15. The molecule has 0 amide bonds. The maximum atomic E-state index is 9.57. The van der Waals surface area contributed by atoms with Gasteiger partial charge >= 0.3 is 0 Å². The number of aryl methyl sites for hydroxylation is 2. The minimum Gasteiger partial charge on any atom is -0.392 e. The van der Waals surface area contributed by atoms with Crippen molar-refractivity contribution in [2.75, 3.05) is 0 Å². The van der Waals surface area contributed by atoms with Crippen LogP contribution < -0.4 is 0 Å². The van der Waals surface area contributed by atoms with Gasteiger partial charge in [0.1, 0.15) is 0 Å². The van der Waals surface area contributed by atoms with Gasteiger partial charge in [-0.25, -0.2) is 0 Å². The van der Waals surface area contributed by atoms with Crippen molar-refractivity contribution in [1.82, 2.24) is 0 Å². The van der Waals surface area contributed by atoms with Crippen molar-refractivity contribution in [3.63, 3.8) is 0 Å². The molecule has 0 saturated carbocycles. The summed E-state index contributed by atoms with van der Waals surface area (Å²) in [6.07, 6.45) is 5.85. The molecule has 1 aromatic rings. The van der Waals surface area contributed by atoms with Crippen LogP contribution in [0.3, 0.4) is 0 Å². The van der Waals surface area contributed by atoms with Gasteiger partial charge in [-0.2, -0.15) is 0 Å². The molecule has 0 aliphatic heterocycles. The lowest BCUT2D eigenvalue weighted by Crippen LogP contribution is -1.99. The standard InChI is InChI=1S/C17H22Br2O.C2H6/c1-4-6-14-9-15(11-20)13(10-17(14)19)8-7-12(3)16(18)5-2;1-2/h5,9-10,20H,2,4,6-8,11H2,1,3H3;1-2H3/b16-12-;. The zero-order chi connectivity index (χ0) is 17.1. The maximum Gasteiger partial charge on any atom is 0.0684 e. The molecule has 0 fully saturated rings. The van der Waals surface area contributed by atoms with Gasteiger partial charge in [0.25, 0.3) is 0 Å². The average Bonchev–Trinajstić information content (AvgIpc) is 2.55. The molecule has 0 bridgehead atoms. The van der Waals surface area contributed by atoms with Crippen molar-refractivity contribution in [3.05, 3.63) is 56.0 Å². The van der Waals surface area contributed by atoms with Crippen LogP contribution in [-0.2, 0) is 19.4 Å². The molecule has 3 heteroatoms. The van der Waals surface area contributed by atoms with E-state index < -0.39 is 0 Å². The summed E-state index contributed by atoms with van der Waals surface area (Å²) in [5.74, 6) is 0. The van der Waals surface area contributed by atoms with Crippen LogP contribution in [0.5, 0.6) is 0 Å². The third-order valence-electron chi connectivity index (χ3n) is 3.41. The van der Waals surface area contributed by atoms with Crippen molar-refractivity contribution < 1.29 is 5.11 Å². The second kappa shape index (κ2) is 12.1. The molecule has 0 aliphatic carbocycles. The monoisotopic (exact) mass is 430 g/mol. The van der Waals surface area contributed by atoms with Gasteiger partial charge in [0.15, 0.2) is 0 Å². The van der Waals surface area contributed by atoms with E-state index in [2.05, 4.69) is 64.4 Å². The van der Waals surface area contributed by atoms with E-state index in [9.17, 15) is 5.11 Å². The summed E-state index contributed by atoms with van der Waals surface area (Å²) in [6, 6.07) is 4.29. The molecule has 0 aliphatic rings. The molecule has 0 atom stereocenters. The van der Waals surface area contributed by atoms with Crippen LogP contribution >= 0.6 is 31.9 Å². The van der Waals surface area contributed by atoms with Gasteiger partial charge in [-0.05, 0) is 48.9 Å². The number of allylic oxidation sites excluding steroid dienone is 3. The lowest BCUT2D eigenvalue weighted by molar-refractivity contribution is 0.280. The Morgan fingerprint density at radius 1 is 1.18 bits per heavy atom. The Balaban J connectivity index is 0.00000211. The number of halogens is 2. The minimum absolute atomic E-state index is 0.102. The second-order valence-electron chi connectivity index (χ2n) is 4.95. The summed E-state index contributed by atoms with van der Waals surface area (Å²) in [4.78, 5) is 0. The molecule has 0 heterocycles. The molecule has 0 saturated heterocycles. The largest absolute Gasteiger partial charge is 0.392 e. The lowest BCUT2D eigenvalue weighted by atomic mass is 9.97. The van der Waals surface area contributed by atoms with Gasteiger partial charge in [0.2, 0.25) is 0 Å². The van der Waals surface area contributed by atoms with E-state index in [1.165, 1.54) is 16.7 Å². The maximum absolute atomic E-state index is 9.57. The molecule has 124 valence electrons. The van der Waals surface area contributed by atoms with Gasteiger partial charge < -0.3 is 5.11 Å². The zero-order valence-electron chi connectivity index (χ0n) is 14.2. The summed E-state index contributed by atoms with van der Waals surface area (Å²) < 4.78 is 2.21. The summed E-state index contributed by atoms with van der Waals surface area (Å²) in [5, 5.41) is 9.57. The number of hydrogen-bond donors (Lipinski definition) is 1. The SMILES string of the molecule is C=C/C(Br)=C(\C)CCc1cc(Br)c(CCC)cc1CO.CC. The van der Waals surface area contributed by atoms with Crippen molar-refractivity contribution in [2.45, 2.75) is 60.0 Å². The predicted octanol–water partition coefficient (Wildman–Crippen LogP) is 6.71. The molecule has 1 nitrogen and oxygen atoms in total. The van der Waals surface area contributed by atoms with Crippen molar-refractivity contribution in [2.24, 2.45) is 0 Å². The first-order valence-corrected chi connectivity index (χ1v) is 9.50. The highest BCUT2D eigenvalue weighted by Gasteiger charge is 2.08. The van der Waals surface area contributed by atoms with E-state index in [-0.39, 0.29) is 6.61 Å². The molecular weight excluding hydrogens is 404 g/mol. The number of hydrogen-bond acceptors (Lipinski definition) is 1. The summed E-state index contributed by atoms with van der Waals surface area (Å²) in [7, 11) is 0. The van der Waals surface area contributed by atoms with Crippen molar-refractivity contribution in [1.29, 1.82) is 0 Å². The van der Waals surface area contributed by atoms with Crippen LogP contribution in [0.15, 0.2) is 39.3 Å². The number of rotatable bonds is 7. The van der Waals surface area contributed by atoms with E-state index >= 15 is 0 Å². The Morgan fingerprint density at radius 3 is 2.32 bits per heavy atom. The Labute approximate surface area is 152 Å². The van der Waals surface area contributed by atoms with Crippen LogP contribution in [0.1, 0.15) is 57.2 Å². The van der Waals surface area contributed by atoms with Gasteiger partial charge in [0, 0.05) is 8.96 Å². The fourth-order valence-electron chi connectivity index (χ4n) is 2.17. The van der Waals surface area contributed by atoms with Gasteiger partial charge in [-0.1, -0.05) is 83.3 Å².